The number of benzene rings is 1. The molecular formula is C23H26F3N7O3S. The third-order valence-electron chi connectivity index (χ3n) is 5.03. The van der Waals surface area contributed by atoms with Crippen molar-refractivity contribution in [2.75, 3.05) is 28.2 Å². The fraction of sp³-hybridized carbons (Fsp3) is 0.304. The van der Waals surface area contributed by atoms with E-state index in [9.17, 15) is 26.4 Å². The first-order chi connectivity index (χ1) is 17.3. The average molecular weight is 538 g/mol. The first-order valence-corrected chi connectivity index (χ1v) is 12.8. The summed E-state index contributed by atoms with van der Waals surface area (Å²) in [6, 6.07) is 9.32. The van der Waals surface area contributed by atoms with Gasteiger partial charge in [0.15, 0.2) is 0 Å². The van der Waals surface area contributed by atoms with Crippen molar-refractivity contribution in [3.05, 3.63) is 65.5 Å². The van der Waals surface area contributed by atoms with Crippen molar-refractivity contribution in [3.8, 4) is 0 Å². The van der Waals surface area contributed by atoms with Gasteiger partial charge in [0.05, 0.1) is 6.26 Å². The summed E-state index contributed by atoms with van der Waals surface area (Å²) in [4.78, 5) is 23.9. The summed E-state index contributed by atoms with van der Waals surface area (Å²) < 4.78 is 65.7. The van der Waals surface area contributed by atoms with Crippen molar-refractivity contribution in [2.24, 2.45) is 0 Å². The minimum atomic E-state index is -4.74. The highest BCUT2D eigenvalue weighted by Gasteiger charge is 2.35. The van der Waals surface area contributed by atoms with E-state index in [0.29, 0.717) is 23.0 Å². The topological polar surface area (TPSA) is 129 Å². The highest BCUT2D eigenvalue weighted by Crippen LogP contribution is 2.34. The van der Waals surface area contributed by atoms with E-state index in [1.165, 1.54) is 13.2 Å². The monoisotopic (exact) mass is 537 g/mol. The van der Waals surface area contributed by atoms with Crippen LogP contribution in [0.4, 0.5) is 36.4 Å². The second-order valence-corrected chi connectivity index (χ2v) is 10.4. The summed E-state index contributed by atoms with van der Waals surface area (Å²) in [5, 5.41) is 8.20. The molecule has 0 bridgehead atoms. The van der Waals surface area contributed by atoms with Gasteiger partial charge in [-0.05, 0) is 44.2 Å². The van der Waals surface area contributed by atoms with E-state index in [1.807, 2.05) is 13.8 Å². The molecule has 0 radical (unpaired) electrons. The van der Waals surface area contributed by atoms with Gasteiger partial charge in [-0.2, -0.15) is 18.2 Å². The molecule has 0 aliphatic heterocycles. The maximum atomic E-state index is 13.6. The van der Waals surface area contributed by atoms with Gasteiger partial charge in [0.25, 0.3) is 5.91 Å². The number of rotatable bonds is 9. The number of hydrogen-bond acceptors (Lipinski definition) is 8. The third-order valence-corrected chi connectivity index (χ3v) is 6.19. The Hall–Kier alpha value is -3.94. The van der Waals surface area contributed by atoms with Crippen LogP contribution in [-0.4, -0.2) is 48.6 Å². The van der Waals surface area contributed by atoms with E-state index in [1.54, 1.807) is 36.4 Å². The molecule has 0 spiro atoms. The van der Waals surface area contributed by atoms with Crippen molar-refractivity contribution in [3.63, 3.8) is 0 Å². The smallest absolute Gasteiger partial charge is 0.365 e. The van der Waals surface area contributed by atoms with Crippen molar-refractivity contribution in [1.29, 1.82) is 0 Å². The van der Waals surface area contributed by atoms with Gasteiger partial charge in [0.2, 0.25) is 16.0 Å². The standard InChI is InChI=1S/C23H26F3N7O3S/c1-14(2)30-21(34)15-7-9-17(10-8-15)31-22-29-13-18(23(24,25)26)19(32-22)28-12-16-6-5-11-27-20(16)33(3)37(4,35)36/h5-11,13-14H,12H2,1-4H3,(H,30,34)(H2,28,29,31,32). The van der Waals surface area contributed by atoms with Gasteiger partial charge in [-0.25, -0.2) is 18.4 Å². The third kappa shape index (κ3) is 7.29. The number of sulfonamides is 1. The number of halogens is 3. The molecule has 1 amide bonds. The Kier molecular flexibility index (Phi) is 8.21. The van der Waals surface area contributed by atoms with E-state index in [4.69, 9.17) is 0 Å². The molecule has 2 aromatic heterocycles. The maximum absolute atomic E-state index is 13.6. The Morgan fingerprint density at radius 1 is 1.11 bits per heavy atom. The molecule has 14 heteroatoms. The lowest BCUT2D eigenvalue weighted by Gasteiger charge is -2.20. The fourth-order valence-corrected chi connectivity index (χ4v) is 3.63. The van der Waals surface area contributed by atoms with Crippen molar-refractivity contribution < 1.29 is 26.4 Å². The van der Waals surface area contributed by atoms with Crippen LogP contribution in [0.3, 0.4) is 0 Å². The summed E-state index contributed by atoms with van der Waals surface area (Å²) in [5.41, 5.74) is 0.116. The number of nitrogens with one attached hydrogen (secondary N) is 3. The number of alkyl halides is 3. The zero-order chi connectivity index (χ0) is 27.4. The van der Waals surface area contributed by atoms with E-state index in [0.717, 1.165) is 10.6 Å². The van der Waals surface area contributed by atoms with Crippen LogP contribution in [0.1, 0.15) is 35.3 Å². The summed E-state index contributed by atoms with van der Waals surface area (Å²) in [5.74, 6) is -0.806. The number of carbonyl (C=O) groups excluding carboxylic acids is 1. The first kappa shape index (κ1) is 27.6. The summed E-state index contributed by atoms with van der Waals surface area (Å²) in [7, 11) is -2.35. The summed E-state index contributed by atoms with van der Waals surface area (Å²) in [6.07, 6.45) is -1.72. The predicted molar refractivity (Wildman–Crippen MR) is 134 cm³/mol. The quantitative estimate of drug-likeness (QED) is 0.376. The average Bonchev–Trinajstić information content (AvgIpc) is 2.81. The predicted octanol–water partition coefficient (Wildman–Crippen LogP) is 3.78. The first-order valence-electron chi connectivity index (χ1n) is 11.0. The fourth-order valence-electron chi connectivity index (χ4n) is 3.15. The molecule has 0 unspecified atom stereocenters. The van der Waals surface area contributed by atoms with Crippen LogP contribution in [-0.2, 0) is 22.7 Å². The Balaban J connectivity index is 1.85. The summed E-state index contributed by atoms with van der Waals surface area (Å²) in [6.45, 7) is 3.48. The Morgan fingerprint density at radius 3 is 2.38 bits per heavy atom. The molecule has 0 atom stereocenters. The van der Waals surface area contributed by atoms with Crippen molar-refractivity contribution in [1.82, 2.24) is 20.3 Å². The van der Waals surface area contributed by atoms with Crippen LogP contribution in [0.2, 0.25) is 0 Å². The van der Waals surface area contributed by atoms with Gasteiger partial charge < -0.3 is 16.0 Å². The van der Waals surface area contributed by atoms with Crippen LogP contribution in [0, 0.1) is 0 Å². The molecule has 37 heavy (non-hydrogen) atoms. The van der Waals surface area contributed by atoms with E-state index in [-0.39, 0.29) is 30.3 Å². The normalized spacial score (nSPS) is 11.8. The number of hydrogen-bond donors (Lipinski definition) is 3. The van der Waals surface area contributed by atoms with Crippen LogP contribution in [0.15, 0.2) is 48.8 Å². The zero-order valence-corrected chi connectivity index (χ0v) is 21.3. The molecule has 0 saturated carbocycles. The Bertz CT molecular complexity index is 1360. The molecule has 0 saturated heterocycles. The molecule has 198 valence electrons. The Morgan fingerprint density at radius 2 is 1.78 bits per heavy atom. The number of carbonyl (C=O) groups is 1. The lowest BCUT2D eigenvalue weighted by molar-refractivity contribution is -0.137. The van der Waals surface area contributed by atoms with E-state index < -0.39 is 27.6 Å². The minimum Gasteiger partial charge on any atom is -0.365 e. The van der Waals surface area contributed by atoms with Gasteiger partial charge in [-0.15, -0.1) is 0 Å². The van der Waals surface area contributed by atoms with Gasteiger partial charge >= 0.3 is 6.18 Å². The highest BCUT2D eigenvalue weighted by atomic mass is 32.2. The molecule has 0 fully saturated rings. The molecule has 0 aliphatic rings. The van der Waals surface area contributed by atoms with Gasteiger partial charge in [0, 0.05) is 48.8 Å². The molecule has 3 aromatic rings. The molecule has 2 heterocycles. The van der Waals surface area contributed by atoms with Crippen molar-refractivity contribution in [2.45, 2.75) is 32.6 Å². The highest BCUT2D eigenvalue weighted by molar-refractivity contribution is 7.92. The second kappa shape index (κ2) is 11.0. The number of amides is 1. The lowest BCUT2D eigenvalue weighted by Crippen LogP contribution is -2.29. The van der Waals surface area contributed by atoms with Gasteiger partial charge in [-0.1, -0.05) is 6.07 Å². The summed E-state index contributed by atoms with van der Waals surface area (Å²) >= 11 is 0. The van der Waals surface area contributed by atoms with Gasteiger partial charge in [0.1, 0.15) is 17.2 Å². The molecule has 3 N–H and O–H groups in total. The van der Waals surface area contributed by atoms with Crippen LogP contribution in [0.25, 0.3) is 0 Å². The van der Waals surface area contributed by atoms with Crippen molar-refractivity contribution >= 4 is 39.2 Å². The van der Waals surface area contributed by atoms with E-state index in [2.05, 4.69) is 30.9 Å². The molecule has 1 aromatic carbocycles. The second-order valence-electron chi connectivity index (χ2n) is 8.35. The zero-order valence-electron chi connectivity index (χ0n) is 20.5. The van der Waals surface area contributed by atoms with Crippen LogP contribution >= 0.6 is 0 Å². The minimum absolute atomic E-state index is 0.0358. The number of pyridine rings is 1. The van der Waals surface area contributed by atoms with Crippen LogP contribution in [0.5, 0.6) is 0 Å². The number of aromatic nitrogens is 3. The SMILES string of the molecule is CC(C)NC(=O)c1ccc(Nc2ncc(C(F)(F)F)c(NCc3cccnc3N(C)S(C)(=O)=O)n2)cc1. The number of anilines is 4. The lowest BCUT2D eigenvalue weighted by atomic mass is 10.2. The Labute approximate surface area is 212 Å². The number of nitrogens with zero attached hydrogens (tertiary/aromatic N) is 4. The largest absolute Gasteiger partial charge is 0.421 e. The molecule has 10 nitrogen and oxygen atoms in total. The molecular weight excluding hydrogens is 511 g/mol. The maximum Gasteiger partial charge on any atom is 0.421 e. The molecule has 0 aliphatic carbocycles. The van der Waals surface area contributed by atoms with Gasteiger partial charge in [-0.3, -0.25) is 9.10 Å². The van der Waals surface area contributed by atoms with E-state index >= 15 is 0 Å². The molecule has 3 rings (SSSR count). The van der Waals surface area contributed by atoms with Crippen LogP contribution < -0.4 is 20.3 Å².